The fraction of sp³-hybridized carbons (Fsp3) is 0.273. The van der Waals surface area contributed by atoms with Crippen molar-refractivity contribution >= 4 is 11.8 Å². The molecule has 0 saturated heterocycles. The lowest BCUT2D eigenvalue weighted by atomic mass is 10.1. The van der Waals surface area contributed by atoms with E-state index in [9.17, 15) is 9.59 Å². The SMILES string of the molecule is O=C(NCc1ccncc1)c1nc(C(=O)NCc2ccccc2)n2c1CCCC2. The summed E-state index contributed by atoms with van der Waals surface area (Å²) in [6.07, 6.45) is 6.09. The minimum absolute atomic E-state index is 0.255. The van der Waals surface area contributed by atoms with E-state index in [1.54, 1.807) is 12.4 Å². The van der Waals surface area contributed by atoms with E-state index in [1.165, 1.54) is 0 Å². The van der Waals surface area contributed by atoms with Gasteiger partial charge in [-0.3, -0.25) is 14.6 Å². The lowest BCUT2D eigenvalue weighted by Crippen LogP contribution is -2.27. The molecule has 1 aliphatic rings. The number of rotatable bonds is 6. The molecule has 0 spiro atoms. The number of imidazole rings is 1. The number of fused-ring (bicyclic) bond motifs is 1. The zero-order chi connectivity index (χ0) is 20.1. The van der Waals surface area contributed by atoms with Crippen molar-refractivity contribution in [3.8, 4) is 0 Å². The Morgan fingerprint density at radius 3 is 2.34 bits per heavy atom. The maximum absolute atomic E-state index is 12.8. The zero-order valence-corrected chi connectivity index (χ0v) is 16.1. The molecule has 0 atom stereocenters. The molecule has 0 bridgehead atoms. The van der Waals surface area contributed by atoms with E-state index in [4.69, 9.17) is 0 Å². The fourth-order valence-corrected chi connectivity index (χ4v) is 3.52. The molecular weight excluding hydrogens is 366 g/mol. The number of benzene rings is 1. The molecule has 2 amide bonds. The van der Waals surface area contributed by atoms with Gasteiger partial charge in [-0.25, -0.2) is 4.98 Å². The van der Waals surface area contributed by atoms with Gasteiger partial charge in [-0.1, -0.05) is 30.3 Å². The molecule has 0 radical (unpaired) electrons. The number of carbonyl (C=O) groups excluding carboxylic acids is 2. The van der Waals surface area contributed by atoms with Gasteiger partial charge in [0.2, 0.25) is 0 Å². The first-order valence-electron chi connectivity index (χ1n) is 9.81. The van der Waals surface area contributed by atoms with Crippen molar-refractivity contribution < 1.29 is 9.59 Å². The molecule has 0 saturated carbocycles. The van der Waals surface area contributed by atoms with Gasteiger partial charge in [-0.15, -0.1) is 0 Å². The Labute approximate surface area is 169 Å². The Morgan fingerprint density at radius 2 is 1.59 bits per heavy atom. The quantitative estimate of drug-likeness (QED) is 0.678. The number of aromatic nitrogens is 3. The van der Waals surface area contributed by atoms with Gasteiger partial charge in [0.15, 0.2) is 5.82 Å². The van der Waals surface area contributed by atoms with E-state index in [0.29, 0.717) is 31.2 Å². The molecule has 0 fully saturated rings. The van der Waals surface area contributed by atoms with Crippen molar-refractivity contribution in [3.63, 3.8) is 0 Å². The lowest BCUT2D eigenvalue weighted by Gasteiger charge is -2.17. The van der Waals surface area contributed by atoms with Gasteiger partial charge in [-0.05, 0) is 42.5 Å². The summed E-state index contributed by atoms with van der Waals surface area (Å²) in [5, 5.41) is 5.82. The highest BCUT2D eigenvalue weighted by Gasteiger charge is 2.27. The van der Waals surface area contributed by atoms with Crippen LogP contribution in [0.1, 0.15) is 50.8 Å². The third kappa shape index (κ3) is 4.34. The van der Waals surface area contributed by atoms with Gasteiger partial charge in [0.05, 0.1) is 5.69 Å². The number of amides is 2. The normalized spacial score (nSPS) is 12.8. The van der Waals surface area contributed by atoms with Crippen LogP contribution in [0.25, 0.3) is 0 Å². The van der Waals surface area contributed by atoms with E-state index < -0.39 is 0 Å². The largest absolute Gasteiger partial charge is 0.347 e. The highest BCUT2D eigenvalue weighted by atomic mass is 16.2. The third-order valence-electron chi connectivity index (χ3n) is 5.03. The van der Waals surface area contributed by atoms with E-state index in [1.807, 2.05) is 47.0 Å². The first-order chi connectivity index (χ1) is 14.2. The fourth-order valence-electron chi connectivity index (χ4n) is 3.52. The Kier molecular flexibility index (Phi) is 5.65. The predicted octanol–water partition coefficient (Wildman–Crippen LogP) is 2.47. The van der Waals surface area contributed by atoms with Crippen LogP contribution in [-0.2, 0) is 26.1 Å². The summed E-state index contributed by atoms with van der Waals surface area (Å²) in [4.78, 5) is 34.0. The van der Waals surface area contributed by atoms with Crippen molar-refractivity contribution in [2.75, 3.05) is 0 Å². The van der Waals surface area contributed by atoms with E-state index in [0.717, 1.165) is 36.1 Å². The van der Waals surface area contributed by atoms with E-state index in [2.05, 4.69) is 20.6 Å². The monoisotopic (exact) mass is 389 g/mol. The minimum Gasteiger partial charge on any atom is -0.347 e. The summed E-state index contributed by atoms with van der Waals surface area (Å²) in [7, 11) is 0. The second-order valence-electron chi connectivity index (χ2n) is 7.05. The summed E-state index contributed by atoms with van der Waals surface area (Å²) in [6.45, 7) is 1.52. The van der Waals surface area contributed by atoms with Crippen LogP contribution in [0.5, 0.6) is 0 Å². The van der Waals surface area contributed by atoms with Crippen molar-refractivity contribution in [3.05, 3.63) is 83.2 Å². The first-order valence-corrected chi connectivity index (χ1v) is 9.81. The maximum Gasteiger partial charge on any atom is 0.287 e. The molecule has 3 aromatic rings. The van der Waals surface area contributed by atoms with Crippen LogP contribution in [0.3, 0.4) is 0 Å². The molecule has 1 aliphatic heterocycles. The Morgan fingerprint density at radius 1 is 0.897 bits per heavy atom. The molecule has 2 aromatic heterocycles. The van der Waals surface area contributed by atoms with Gasteiger partial charge >= 0.3 is 0 Å². The number of carbonyl (C=O) groups is 2. The Bertz CT molecular complexity index is 919. The number of hydrogen-bond acceptors (Lipinski definition) is 4. The third-order valence-corrected chi connectivity index (χ3v) is 5.03. The standard InChI is InChI=1S/C22H23N5O2/c28-21(24-15-17-9-11-23-12-10-17)19-18-8-4-5-13-27(18)20(26-19)22(29)25-14-16-6-2-1-3-7-16/h1-3,6-7,9-12H,4-5,8,13-15H2,(H,24,28)(H,25,29). The van der Waals surface area contributed by atoms with Gasteiger partial charge in [0, 0.05) is 32.0 Å². The van der Waals surface area contributed by atoms with Crippen LogP contribution in [0.4, 0.5) is 0 Å². The van der Waals surface area contributed by atoms with Crippen LogP contribution in [0.15, 0.2) is 54.9 Å². The van der Waals surface area contributed by atoms with E-state index >= 15 is 0 Å². The van der Waals surface area contributed by atoms with Crippen LogP contribution < -0.4 is 10.6 Å². The number of hydrogen-bond donors (Lipinski definition) is 2. The van der Waals surface area contributed by atoms with Crippen molar-refractivity contribution in [1.82, 2.24) is 25.2 Å². The molecule has 1 aromatic carbocycles. The second-order valence-corrected chi connectivity index (χ2v) is 7.05. The molecule has 0 aliphatic carbocycles. The number of nitrogens with zero attached hydrogens (tertiary/aromatic N) is 3. The summed E-state index contributed by atoms with van der Waals surface area (Å²) < 4.78 is 1.89. The molecule has 7 heteroatoms. The van der Waals surface area contributed by atoms with Crippen LogP contribution in [0.2, 0.25) is 0 Å². The predicted molar refractivity (Wildman–Crippen MR) is 108 cm³/mol. The first kappa shape index (κ1) is 18.9. The topological polar surface area (TPSA) is 88.9 Å². The van der Waals surface area contributed by atoms with Gasteiger partial charge in [-0.2, -0.15) is 0 Å². The van der Waals surface area contributed by atoms with Gasteiger partial charge in [0.1, 0.15) is 5.69 Å². The van der Waals surface area contributed by atoms with Crippen LogP contribution in [-0.4, -0.2) is 26.3 Å². The average Bonchev–Trinajstić information content (AvgIpc) is 3.17. The molecule has 148 valence electrons. The molecule has 3 heterocycles. The summed E-state index contributed by atoms with van der Waals surface area (Å²) in [6, 6.07) is 13.4. The minimum atomic E-state index is -0.259. The average molecular weight is 389 g/mol. The van der Waals surface area contributed by atoms with Crippen LogP contribution >= 0.6 is 0 Å². The zero-order valence-electron chi connectivity index (χ0n) is 16.1. The molecular formula is C22H23N5O2. The molecule has 7 nitrogen and oxygen atoms in total. The van der Waals surface area contributed by atoms with Gasteiger partial charge < -0.3 is 15.2 Å². The van der Waals surface area contributed by atoms with Crippen molar-refractivity contribution in [1.29, 1.82) is 0 Å². The van der Waals surface area contributed by atoms with Crippen molar-refractivity contribution in [2.45, 2.75) is 38.9 Å². The smallest absolute Gasteiger partial charge is 0.287 e. The second kappa shape index (κ2) is 8.68. The van der Waals surface area contributed by atoms with Crippen LogP contribution in [0, 0.1) is 0 Å². The summed E-state index contributed by atoms with van der Waals surface area (Å²) >= 11 is 0. The van der Waals surface area contributed by atoms with Gasteiger partial charge in [0.25, 0.3) is 11.8 Å². The highest BCUT2D eigenvalue weighted by molar-refractivity contribution is 5.97. The number of pyridine rings is 1. The maximum atomic E-state index is 12.8. The van der Waals surface area contributed by atoms with Crippen molar-refractivity contribution in [2.24, 2.45) is 0 Å². The Balaban J connectivity index is 1.50. The summed E-state index contributed by atoms with van der Waals surface area (Å²) in [5.41, 5.74) is 3.17. The summed E-state index contributed by atoms with van der Waals surface area (Å²) in [5.74, 6) is -0.204. The van der Waals surface area contributed by atoms with E-state index in [-0.39, 0.29) is 11.8 Å². The molecule has 29 heavy (non-hydrogen) atoms. The Hall–Kier alpha value is -3.48. The lowest BCUT2D eigenvalue weighted by molar-refractivity contribution is 0.0935. The molecule has 0 unspecified atom stereocenters. The molecule has 2 N–H and O–H groups in total. The highest BCUT2D eigenvalue weighted by Crippen LogP contribution is 2.21. The molecule has 4 rings (SSSR count). The number of nitrogens with one attached hydrogen (secondary N) is 2.